The number of carbonyl (C=O) groups is 2. The number of carbonyl (C=O) groups excluding carboxylic acids is 1. The van der Waals surface area contributed by atoms with Crippen molar-refractivity contribution in [3.63, 3.8) is 0 Å². The van der Waals surface area contributed by atoms with E-state index in [2.05, 4.69) is 10.3 Å². The molecule has 2 aromatic carbocycles. The highest BCUT2D eigenvalue weighted by Gasteiger charge is 2.25. The molecule has 3 amide bonds. The van der Waals surface area contributed by atoms with E-state index >= 15 is 0 Å². The maximum atomic E-state index is 12.0. The Morgan fingerprint density at radius 1 is 1.00 bits per heavy atom. The van der Waals surface area contributed by atoms with Gasteiger partial charge in [-0.3, -0.25) is 0 Å². The first-order valence-electron chi connectivity index (χ1n) is 11.8. The summed E-state index contributed by atoms with van der Waals surface area (Å²) in [4.78, 5) is 30.9. The van der Waals surface area contributed by atoms with E-state index in [1.165, 1.54) is 9.80 Å². The highest BCUT2D eigenvalue weighted by molar-refractivity contribution is 5.77. The van der Waals surface area contributed by atoms with Gasteiger partial charge in [0.15, 0.2) is 5.76 Å². The Labute approximate surface area is 216 Å². The summed E-state index contributed by atoms with van der Waals surface area (Å²) in [6.07, 6.45) is -0.986. The van der Waals surface area contributed by atoms with Gasteiger partial charge < -0.3 is 34.1 Å². The lowest BCUT2D eigenvalue weighted by molar-refractivity contribution is 0.0892. The fourth-order valence-corrected chi connectivity index (χ4v) is 3.56. The van der Waals surface area contributed by atoms with Gasteiger partial charge in [0.2, 0.25) is 5.89 Å². The minimum Gasteiger partial charge on any atom is -0.497 e. The van der Waals surface area contributed by atoms with Gasteiger partial charge in [0.25, 0.3) is 0 Å². The molecule has 0 atom stereocenters. The van der Waals surface area contributed by atoms with Crippen LogP contribution in [0.3, 0.4) is 0 Å². The van der Waals surface area contributed by atoms with Crippen LogP contribution in [0.15, 0.2) is 52.9 Å². The molecule has 2 N–H and O–H groups in total. The molecule has 10 nitrogen and oxygen atoms in total. The fourth-order valence-electron chi connectivity index (χ4n) is 3.56. The lowest BCUT2D eigenvalue weighted by Gasteiger charge is -2.32. The molecule has 10 heteroatoms. The van der Waals surface area contributed by atoms with Crippen molar-refractivity contribution < 1.29 is 28.6 Å². The maximum Gasteiger partial charge on any atom is 0.407 e. The first kappa shape index (κ1) is 27.4. The number of hydrogen-bond donors (Lipinski definition) is 2. The van der Waals surface area contributed by atoms with E-state index in [4.69, 9.17) is 13.9 Å². The van der Waals surface area contributed by atoms with Crippen molar-refractivity contribution in [3.8, 4) is 34.1 Å². The molecule has 0 saturated carbocycles. The van der Waals surface area contributed by atoms with E-state index < -0.39 is 11.6 Å². The van der Waals surface area contributed by atoms with Crippen LogP contribution in [0, 0.1) is 0 Å². The fraction of sp³-hybridized carbons (Fsp3) is 0.370. The molecule has 0 aliphatic rings. The third kappa shape index (κ3) is 7.16. The van der Waals surface area contributed by atoms with Gasteiger partial charge in [-0.1, -0.05) is 0 Å². The van der Waals surface area contributed by atoms with Gasteiger partial charge in [-0.25, -0.2) is 14.6 Å². The minimum absolute atomic E-state index is 0.134. The number of methoxy groups -OCH3 is 1. The molecule has 0 fully saturated rings. The van der Waals surface area contributed by atoms with Gasteiger partial charge in [0.05, 0.1) is 20.2 Å². The Balaban J connectivity index is 1.80. The number of nitrogens with one attached hydrogen (secondary N) is 1. The SMILES string of the molecule is COc1ccc(-c2nc(CNC(=O)N(C)C)oc2-c2ccc(OCCN(C(=O)O)C(C)(C)C)cc2)cc1. The summed E-state index contributed by atoms with van der Waals surface area (Å²) >= 11 is 0. The number of oxazole rings is 1. The predicted molar refractivity (Wildman–Crippen MR) is 140 cm³/mol. The number of aromatic nitrogens is 1. The summed E-state index contributed by atoms with van der Waals surface area (Å²) in [7, 11) is 4.92. The summed E-state index contributed by atoms with van der Waals surface area (Å²) in [5.74, 6) is 2.25. The van der Waals surface area contributed by atoms with Crippen molar-refractivity contribution in [2.24, 2.45) is 0 Å². The number of urea groups is 1. The van der Waals surface area contributed by atoms with Gasteiger partial charge in [-0.2, -0.15) is 0 Å². The molecule has 1 aromatic heterocycles. The summed E-state index contributed by atoms with van der Waals surface area (Å²) < 4.78 is 17.1. The van der Waals surface area contributed by atoms with Crippen molar-refractivity contribution in [2.75, 3.05) is 34.4 Å². The van der Waals surface area contributed by atoms with Gasteiger partial charge >= 0.3 is 12.1 Å². The zero-order valence-electron chi connectivity index (χ0n) is 22.1. The van der Waals surface area contributed by atoms with Gasteiger partial charge in [0.1, 0.15) is 23.8 Å². The summed E-state index contributed by atoms with van der Waals surface area (Å²) in [6.45, 7) is 6.12. The molecule has 1 heterocycles. The van der Waals surface area contributed by atoms with Gasteiger partial charge in [-0.15, -0.1) is 0 Å². The Bertz CT molecular complexity index is 1200. The Hall–Kier alpha value is -4.21. The molecular weight excluding hydrogens is 476 g/mol. The average molecular weight is 511 g/mol. The monoisotopic (exact) mass is 510 g/mol. The van der Waals surface area contributed by atoms with E-state index in [-0.39, 0.29) is 25.7 Å². The second-order valence-corrected chi connectivity index (χ2v) is 9.54. The number of nitrogens with zero attached hydrogens (tertiary/aromatic N) is 3. The first-order chi connectivity index (χ1) is 17.5. The number of carboxylic acid groups (broad SMARTS) is 1. The number of amides is 3. The second kappa shape index (κ2) is 11.7. The highest BCUT2D eigenvalue weighted by atomic mass is 16.5. The van der Waals surface area contributed by atoms with Crippen LogP contribution in [-0.2, 0) is 6.54 Å². The Morgan fingerprint density at radius 2 is 1.59 bits per heavy atom. The normalized spacial score (nSPS) is 11.1. The van der Waals surface area contributed by atoms with Crippen LogP contribution in [0.25, 0.3) is 22.6 Å². The van der Waals surface area contributed by atoms with E-state index in [1.807, 2.05) is 57.2 Å². The number of hydrogen-bond acceptors (Lipinski definition) is 6. The largest absolute Gasteiger partial charge is 0.497 e. The third-order valence-corrected chi connectivity index (χ3v) is 5.57. The zero-order chi connectivity index (χ0) is 27.2. The third-order valence-electron chi connectivity index (χ3n) is 5.57. The molecule has 0 spiro atoms. The molecule has 0 saturated heterocycles. The zero-order valence-corrected chi connectivity index (χ0v) is 22.1. The van der Waals surface area contributed by atoms with Crippen LogP contribution in [-0.4, -0.2) is 71.9 Å². The quantitative estimate of drug-likeness (QED) is 0.418. The summed E-state index contributed by atoms with van der Waals surface area (Å²) in [6, 6.07) is 14.5. The smallest absolute Gasteiger partial charge is 0.407 e. The van der Waals surface area contributed by atoms with Crippen LogP contribution >= 0.6 is 0 Å². The lowest BCUT2D eigenvalue weighted by Crippen LogP contribution is -2.46. The molecule has 0 radical (unpaired) electrons. The Morgan fingerprint density at radius 3 is 2.14 bits per heavy atom. The topological polar surface area (TPSA) is 117 Å². The van der Waals surface area contributed by atoms with Crippen molar-refractivity contribution >= 4 is 12.1 Å². The maximum absolute atomic E-state index is 12.0. The molecule has 3 aromatic rings. The van der Waals surface area contributed by atoms with E-state index in [1.54, 1.807) is 33.3 Å². The molecule has 0 unspecified atom stereocenters. The molecule has 3 rings (SSSR count). The van der Waals surface area contributed by atoms with E-state index in [0.29, 0.717) is 23.1 Å². The second-order valence-electron chi connectivity index (χ2n) is 9.54. The molecule has 37 heavy (non-hydrogen) atoms. The van der Waals surface area contributed by atoms with Crippen LogP contribution in [0.2, 0.25) is 0 Å². The Kier molecular flexibility index (Phi) is 8.65. The molecule has 0 aliphatic carbocycles. The number of rotatable bonds is 9. The number of benzene rings is 2. The predicted octanol–water partition coefficient (Wildman–Crippen LogP) is 4.95. The molecule has 198 valence electrons. The van der Waals surface area contributed by atoms with Crippen LogP contribution < -0.4 is 14.8 Å². The average Bonchev–Trinajstić information content (AvgIpc) is 3.28. The molecule has 0 bridgehead atoms. The van der Waals surface area contributed by atoms with Crippen molar-refractivity contribution in [1.82, 2.24) is 20.1 Å². The van der Waals surface area contributed by atoms with Crippen LogP contribution in [0.4, 0.5) is 9.59 Å². The number of ether oxygens (including phenoxy) is 2. The van der Waals surface area contributed by atoms with E-state index in [9.17, 15) is 14.7 Å². The first-order valence-corrected chi connectivity index (χ1v) is 11.8. The lowest BCUT2D eigenvalue weighted by atomic mass is 10.1. The summed E-state index contributed by atoms with van der Waals surface area (Å²) in [5.41, 5.74) is 1.72. The van der Waals surface area contributed by atoms with E-state index in [0.717, 1.165) is 16.9 Å². The van der Waals surface area contributed by atoms with Crippen LogP contribution in [0.1, 0.15) is 26.7 Å². The molecule has 0 aliphatic heterocycles. The van der Waals surface area contributed by atoms with Gasteiger partial charge in [-0.05, 0) is 69.3 Å². The highest BCUT2D eigenvalue weighted by Crippen LogP contribution is 2.34. The van der Waals surface area contributed by atoms with Crippen molar-refractivity contribution in [2.45, 2.75) is 32.9 Å². The summed E-state index contributed by atoms with van der Waals surface area (Å²) in [5, 5.41) is 12.2. The molecular formula is C27H34N4O6. The van der Waals surface area contributed by atoms with Crippen molar-refractivity contribution in [1.29, 1.82) is 0 Å². The minimum atomic E-state index is -0.986. The van der Waals surface area contributed by atoms with Gasteiger partial charge in [0, 0.05) is 30.8 Å². The van der Waals surface area contributed by atoms with Crippen LogP contribution in [0.5, 0.6) is 11.5 Å². The standard InChI is InChI=1S/C27H34N4O6/c1-27(2,3)31(26(33)34)15-16-36-21-13-9-19(10-14-21)24-23(18-7-11-20(35-6)12-8-18)29-22(37-24)17-28-25(32)30(4)5/h7-14H,15-17H2,1-6H3,(H,28,32)(H,33,34). The van der Waals surface area contributed by atoms with Crippen molar-refractivity contribution in [3.05, 3.63) is 54.4 Å².